The summed E-state index contributed by atoms with van der Waals surface area (Å²) < 4.78 is 4.61. The van der Waals surface area contributed by atoms with Crippen LogP contribution in [0.15, 0.2) is 24.3 Å². The summed E-state index contributed by atoms with van der Waals surface area (Å²) in [5.41, 5.74) is 7.54. The van der Waals surface area contributed by atoms with Crippen molar-refractivity contribution in [3.8, 4) is 0 Å². The predicted octanol–water partition coefficient (Wildman–Crippen LogP) is 1.75. The molecule has 0 atom stereocenters. The van der Waals surface area contributed by atoms with Crippen LogP contribution in [0.25, 0.3) is 0 Å². The Morgan fingerprint density at radius 1 is 1.35 bits per heavy atom. The Balaban J connectivity index is 1.66. The summed E-state index contributed by atoms with van der Waals surface area (Å²) in [5, 5.41) is 3.19. The Hall–Kier alpha value is -1.55. The average molecular weight is 234 g/mol. The van der Waals surface area contributed by atoms with Crippen LogP contribution < -0.4 is 11.1 Å². The minimum Gasteiger partial charge on any atom is -0.448 e. The fourth-order valence-electron chi connectivity index (χ4n) is 1.78. The van der Waals surface area contributed by atoms with Gasteiger partial charge >= 0.3 is 6.09 Å². The summed E-state index contributed by atoms with van der Waals surface area (Å²) >= 11 is 0. The van der Waals surface area contributed by atoms with Crippen molar-refractivity contribution in [2.75, 3.05) is 13.2 Å². The Morgan fingerprint density at radius 2 is 2.06 bits per heavy atom. The van der Waals surface area contributed by atoms with Gasteiger partial charge in [0.1, 0.15) is 6.61 Å². The van der Waals surface area contributed by atoms with Crippen LogP contribution in [0.5, 0.6) is 0 Å². The highest BCUT2D eigenvalue weighted by molar-refractivity contribution is 5.64. The largest absolute Gasteiger partial charge is 0.448 e. The van der Waals surface area contributed by atoms with Gasteiger partial charge in [-0.25, -0.2) is 4.79 Å². The van der Waals surface area contributed by atoms with Crippen molar-refractivity contribution in [2.45, 2.75) is 25.3 Å². The fraction of sp³-hybridized carbons (Fsp3) is 0.462. The van der Waals surface area contributed by atoms with Gasteiger partial charge in [-0.15, -0.1) is 0 Å². The number of hydrogen-bond acceptors (Lipinski definition) is 3. The maximum atomic E-state index is 10.3. The lowest BCUT2D eigenvalue weighted by atomic mass is 10.1. The molecule has 1 aromatic carbocycles. The highest BCUT2D eigenvalue weighted by atomic mass is 16.5. The van der Waals surface area contributed by atoms with Gasteiger partial charge < -0.3 is 15.8 Å². The number of carbonyl (C=O) groups excluding carboxylic acids is 1. The van der Waals surface area contributed by atoms with Crippen molar-refractivity contribution < 1.29 is 9.53 Å². The SMILES string of the molecule is NC(=O)OCCNCc1ccc(C2CC2)cc1. The van der Waals surface area contributed by atoms with Crippen molar-refractivity contribution in [2.24, 2.45) is 5.73 Å². The zero-order valence-corrected chi connectivity index (χ0v) is 9.82. The quantitative estimate of drug-likeness (QED) is 0.737. The number of nitrogens with two attached hydrogens (primary N) is 1. The summed E-state index contributed by atoms with van der Waals surface area (Å²) in [6.45, 7) is 1.72. The van der Waals surface area contributed by atoms with Gasteiger partial charge in [0.15, 0.2) is 0 Å². The van der Waals surface area contributed by atoms with Crippen molar-refractivity contribution >= 4 is 6.09 Å². The van der Waals surface area contributed by atoms with Crippen molar-refractivity contribution in [3.63, 3.8) is 0 Å². The average Bonchev–Trinajstić information content (AvgIpc) is 3.13. The van der Waals surface area contributed by atoms with Crippen LogP contribution in [0.2, 0.25) is 0 Å². The molecule has 0 spiro atoms. The van der Waals surface area contributed by atoms with Gasteiger partial charge in [-0.1, -0.05) is 24.3 Å². The van der Waals surface area contributed by atoms with Crippen LogP contribution in [0.4, 0.5) is 4.79 Å². The number of hydrogen-bond donors (Lipinski definition) is 2. The molecule has 4 nitrogen and oxygen atoms in total. The van der Waals surface area contributed by atoms with E-state index >= 15 is 0 Å². The molecular formula is C13H18N2O2. The first-order valence-electron chi connectivity index (χ1n) is 5.97. The molecular weight excluding hydrogens is 216 g/mol. The predicted molar refractivity (Wildman–Crippen MR) is 65.7 cm³/mol. The van der Waals surface area contributed by atoms with Crippen molar-refractivity contribution in [1.29, 1.82) is 0 Å². The molecule has 1 aromatic rings. The third-order valence-corrected chi connectivity index (χ3v) is 2.88. The topological polar surface area (TPSA) is 64.4 Å². The minimum atomic E-state index is -0.722. The highest BCUT2D eigenvalue weighted by Crippen LogP contribution is 2.39. The molecule has 0 aromatic heterocycles. The molecule has 1 aliphatic carbocycles. The molecule has 1 saturated carbocycles. The highest BCUT2D eigenvalue weighted by Gasteiger charge is 2.22. The third-order valence-electron chi connectivity index (χ3n) is 2.88. The maximum Gasteiger partial charge on any atom is 0.404 e. The van der Waals surface area contributed by atoms with E-state index in [1.54, 1.807) is 0 Å². The van der Waals surface area contributed by atoms with E-state index in [0.29, 0.717) is 13.2 Å². The second kappa shape index (κ2) is 5.68. The molecule has 3 N–H and O–H groups in total. The van der Waals surface area contributed by atoms with Crippen LogP contribution >= 0.6 is 0 Å². The summed E-state index contributed by atoms with van der Waals surface area (Å²) in [6, 6.07) is 8.70. The lowest BCUT2D eigenvalue weighted by Gasteiger charge is -2.06. The molecule has 1 fully saturated rings. The molecule has 1 amide bonds. The van der Waals surface area contributed by atoms with E-state index in [1.165, 1.54) is 24.0 Å². The Morgan fingerprint density at radius 3 is 2.65 bits per heavy atom. The lowest BCUT2D eigenvalue weighted by molar-refractivity contribution is 0.157. The number of rotatable bonds is 6. The van der Waals surface area contributed by atoms with E-state index in [2.05, 4.69) is 34.3 Å². The van der Waals surface area contributed by atoms with Gasteiger partial charge in [0.05, 0.1) is 0 Å². The van der Waals surface area contributed by atoms with E-state index in [1.807, 2.05) is 0 Å². The van der Waals surface area contributed by atoms with E-state index in [-0.39, 0.29) is 0 Å². The molecule has 0 aliphatic heterocycles. The smallest absolute Gasteiger partial charge is 0.404 e. The Labute approximate surface area is 101 Å². The van der Waals surface area contributed by atoms with Gasteiger partial charge in [0.25, 0.3) is 0 Å². The Kier molecular flexibility index (Phi) is 3.98. The van der Waals surface area contributed by atoms with E-state index in [0.717, 1.165) is 12.5 Å². The van der Waals surface area contributed by atoms with Gasteiger partial charge in [-0.3, -0.25) is 0 Å². The molecule has 1 aliphatic rings. The second-order valence-corrected chi connectivity index (χ2v) is 4.36. The first-order valence-corrected chi connectivity index (χ1v) is 5.97. The van der Waals surface area contributed by atoms with Crippen LogP contribution in [0.1, 0.15) is 29.9 Å². The van der Waals surface area contributed by atoms with Crippen LogP contribution in [0, 0.1) is 0 Å². The number of primary amides is 1. The lowest BCUT2D eigenvalue weighted by Crippen LogP contribution is -2.23. The monoisotopic (exact) mass is 234 g/mol. The zero-order chi connectivity index (χ0) is 12.1. The van der Waals surface area contributed by atoms with E-state index in [4.69, 9.17) is 5.73 Å². The first kappa shape index (κ1) is 11.9. The summed E-state index contributed by atoms with van der Waals surface area (Å²) in [7, 11) is 0. The van der Waals surface area contributed by atoms with E-state index < -0.39 is 6.09 Å². The first-order chi connectivity index (χ1) is 8.25. The number of benzene rings is 1. The standard InChI is InChI=1S/C13H18N2O2/c14-13(16)17-8-7-15-9-10-1-3-11(4-2-10)12-5-6-12/h1-4,12,15H,5-9H2,(H2,14,16). The molecule has 92 valence electrons. The van der Waals surface area contributed by atoms with Crippen LogP contribution in [0.3, 0.4) is 0 Å². The molecule has 17 heavy (non-hydrogen) atoms. The molecule has 4 heteroatoms. The molecule has 0 bridgehead atoms. The minimum absolute atomic E-state index is 0.315. The van der Waals surface area contributed by atoms with Crippen LogP contribution in [-0.4, -0.2) is 19.2 Å². The molecule has 2 rings (SSSR count). The van der Waals surface area contributed by atoms with Crippen LogP contribution in [-0.2, 0) is 11.3 Å². The number of carbonyl (C=O) groups is 1. The van der Waals surface area contributed by atoms with Gasteiger partial charge in [0.2, 0.25) is 0 Å². The van der Waals surface area contributed by atoms with Crippen molar-refractivity contribution in [1.82, 2.24) is 5.32 Å². The van der Waals surface area contributed by atoms with E-state index in [9.17, 15) is 4.79 Å². The number of nitrogens with one attached hydrogen (secondary N) is 1. The summed E-state index contributed by atoms with van der Waals surface area (Å²) in [5.74, 6) is 0.806. The molecule has 0 saturated heterocycles. The number of ether oxygens (including phenoxy) is 1. The van der Waals surface area contributed by atoms with Gasteiger partial charge in [-0.05, 0) is 29.9 Å². The third kappa shape index (κ3) is 4.07. The Bertz CT molecular complexity index is 372. The van der Waals surface area contributed by atoms with Crippen molar-refractivity contribution in [3.05, 3.63) is 35.4 Å². The fourth-order valence-corrected chi connectivity index (χ4v) is 1.78. The summed E-state index contributed by atoms with van der Waals surface area (Å²) in [6.07, 6.45) is 1.95. The zero-order valence-electron chi connectivity index (χ0n) is 9.82. The van der Waals surface area contributed by atoms with Gasteiger partial charge in [0, 0.05) is 13.1 Å². The second-order valence-electron chi connectivity index (χ2n) is 4.36. The summed E-state index contributed by atoms with van der Waals surface area (Å²) in [4.78, 5) is 10.3. The molecule has 0 unspecified atom stereocenters. The normalized spacial score (nSPS) is 14.6. The van der Waals surface area contributed by atoms with Gasteiger partial charge in [-0.2, -0.15) is 0 Å². The molecule has 0 heterocycles. The maximum absolute atomic E-state index is 10.3. The number of amides is 1. The molecule has 0 radical (unpaired) electrons.